The Kier molecular flexibility index (Phi) is 8.82. The molecule has 1 amide bonds. The smallest absolute Gasteiger partial charge is 0.430 e. The maximum absolute atomic E-state index is 14.4. The summed E-state index contributed by atoms with van der Waals surface area (Å²) in [7, 11) is 0.843. The van der Waals surface area contributed by atoms with Crippen LogP contribution >= 0.6 is 0 Å². The van der Waals surface area contributed by atoms with Crippen molar-refractivity contribution in [2.45, 2.75) is 50.8 Å². The minimum Gasteiger partial charge on any atom is -0.466 e. The first-order valence-corrected chi connectivity index (χ1v) is 12.2. The number of alkyl halides is 3. The van der Waals surface area contributed by atoms with Gasteiger partial charge in [-0.1, -0.05) is 42.5 Å². The number of amides is 1. The van der Waals surface area contributed by atoms with Gasteiger partial charge in [0.2, 0.25) is 0 Å². The van der Waals surface area contributed by atoms with Crippen LogP contribution in [-0.2, 0) is 24.7 Å². The Morgan fingerprint density at radius 3 is 2.26 bits per heavy atom. The Hall–Kier alpha value is -3.45. The lowest BCUT2D eigenvalue weighted by Gasteiger charge is -2.46. The van der Waals surface area contributed by atoms with Gasteiger partial charge < -0.3 is 14.4 Å². The average Bonchev–Trinajstić information content (AvgIpc) is 2.87. The molecule has 0 aromatic heterocycles. The maximum atomic E-state index is 14.4. The molecule has 3 rings (SSSR count). The molecule has 0 bridgehead atoms. The van der Waals surface area contributed by atoms with E-state index < -0.39 is 40.8 Å². The van der Waals surface area contributed by atoms with Gasteiger partial charge in [-0.15, -0.1) is 0 Å². The molecule has 0 aliphatic carbocycles. The van der Waals surface area contributed by atoms with Gasteiger partial charge in [-0.2, -0.15) is 18.4 Å². The number of methoxy groups -OCH3 is 1. The molecule has 6 nitrogen and oxygen atoms in total. The van der Waals surface area contributed by atoms with Gasteiger partial charge in [0.05, 0.1) is 25.0 Å². The molecule has 1 heterocycles. The summed E-state index contributed by atoms with van der Waals surface area (Å²) >= 11 is 0. The molecule has 38 heavy (non-hydrogen) atoms. The molecular formula is C28H30F4N2O4. The topological polar surface area (TPSA) is 79.6 Å². The Morgan fingerprint density at radius 2 is 1.76 bits per heavy atom. The molecule has 1 aliphatic heterocycles. The zero-order valence-electron chi connectivity index (χ0n) is 21.5. The second-order valence-corrected chi connectivity index (χ2v) is 9.46. The largest absolute Gasteiger partial charge is 0.466 e. The molecule has 204 valence electrons. The van der Waals surface area contributed by atoms with E-state index in [-0.39, 0.29) is 44.5 Å². The normalized spacial score (nSPS) is 17.7. The van der Waals surface area contributed by atoms with Crippen LogP contribution in [-0.4, -0.2) is 49.8 Å². The molecule has 1 unspecified atom stereocenters. The van der Waals surface area contributed by atoms with Gasteiger partial charge in [-0.3, -0.25) is 9.59 Å². The molecule has 2 aromatic carbocycles. The summed E-state index contributed by atoms with van der Waals surface area (Å²) in [4.78, 5) is 27.2. The minimum atomic E-state index is -5.06. The number of piperidine rings is 1. The Balaban J connectivity index is 1.98. The monoisotopic (exact) mass is 534 g/mol. The van der Waals surface area contributed by atoms with Crippen LogP contribution in [0.1, 0.15) is 48.8 Å². The highest BCUT2D eigenvalue weighted by atomic mass is 19.4. The number of esters is 1. The highest BCUT2D eigenvalue weighted by Crippen LogP contribution is 2.49. The molecule has 0 spiro atoms. The lowest BCUT2D eigenvalue weighted by molar-refractivity contribution is -0.271. The van der Waals surface area contributed by atoms with E-state index in [2.05, 4.69) is 6.07 Å². The van der Waals surface area contributed by atoms with Crippen molar-refractivity contribution in [1.29, 1.82) is 5.26 Å². The number of carbonyl (C=O) groups is 2. The SMILES string of the molecule is CCOC(=O)CC1(C(C#N)c2ccc(F)c(C)c2)CCN(C(=O)[C@](OC)(c2ccccc2)C(F)(F)F)CC1. The Morgan fingerprint density at radius 1 is 1.13 bits per heavy atom. The highest BCUT2D eigenvalue weighted by molar-refractivity contribution is 5.88. The number of aryl methyl sites for hydroxylation is 1. The molecule has 10 heteroatoms. The molecule has 0 saturated carbocycles. The summed E-state index contributed by atoms with van der Waals surface area (Å²) in [5, 5.41) is 10.2. The number of hydrogen-bond donors (Lipinski definition) is 0. The summed E-state index contributed by atoms with van der Waals surface area (Å²) < 4.78 is 67.3. The average molecular weight is 535 g/mol. The van der Waals surface area contributed by atoms with Crippen LogP contribution in [0.5, 0.6) is 0 Å². The Bertz CT molecular complexity index is 1190. The third-order valence-electron chi connectivity index (χ3n) is 7.29. The molecule has 1 aliphatic rings. The number of hydrogen-bond acceptors (Lipinski definition) is 5. The number of likely N-dealkylation sites (tertiary alicyclic amines) is 1. The number of nitriles is 1. The van der Waals surface area contributed by atoms with Crippen LogP contribution in [0.4, 0.5) is 17.6 Å². The first-order valence-electron chi connectivity index (χ1n) is 12.2. The second kappa shape index (κ2) is 11.5. The van der Waals surface area contributed by atoms with Crippen LogP contribution in [0.2, 0.25) is 0 Å². The van der Waals surface area contributed by atoms with Crippen molar-refractivity contribution in [2.24, 2.45) is 5.41 Å². The van der Waals surface area contributed by atoms with Gasteiger partial charge in [0.15, 0.2) is 0 Å². The predicted octanol–water partition coefficient (Wildman–Crippen LogP) is 5.41. The third kappa shape index (κ3) is 5.39. The highest BCUT2D eigenvalue weighted by Gasteiger charge is 2.64. The van der Waals surface area contributed by atoms with Crippen molar-refractivity contribution in [2.75, 3.05) is 26.8 Å². The van der Waals surface area contributed by atoms with Gasteiger partial charge in [-0.25, -0.2) is 4.39 Å². The van der Waals surface area contributed by atoms with Gasteiger partial charge in [0.1, 0.15) is 5.82 Å². The number of nitrogens with zero attached hydrogens (tertiary/aromatic N) is 2. The van der Waals surface area contributed by atoms with E-state index in [4.69, 9.17) is 9.47 Å². The number of carbonyl (C=O) groups excluding carboxylic acids is 2. The molecular weight excluding hydrogens is 504 g/mol. The third-order valence-corrected chi connectivity index (χ3v) is 7.29. The van der Waals surface area contributed by atoms with Crippen molar-refractivity contribution in [3.8, 4) is 6.07 Å². The van der Waals surface area contributed by atoms with Crippen LogP contribution in [0.25, 0.3) is 0 Å². The lowest BCUT2D eigenvalue weighted by atomic mass is 9.64. The van der Waals surface area contributed by atoms with E-state index in [1.807, 2.05) is 0 Å². The van der Waals surface area contributed by atoms with Crippen molar-refractivity contribution >= 4 is 11.9 Å². The summed E-state index contributed by atoms with van der Waals surface area (Å²) in [6, 6.07) is 13.2. The number of benzene rings is 2. The van der Waals surface area contributed by atoms with E-state index in [1.54, 1.807) is 13.8 Å². The predicted molar refractivity (Wildman–Crippen MR) is 130 cm³/mol. The first kappa shape index (κ1) is 29.1. The van der Waals surface area contributed by atoms with Gasteiger partial charge >= 0.3 is 12.1 Å². The van der Waals surface area contributed by atoms with E-state index in [0.717, 1.165) is 12.0 Å². The standard InChI is InChI=1S/C28H30F4N2O4/c1-4-38-24(35)17-26(22(18-33)20-10-11-23(29)19(2)16-20)12-14-34(15-13-26)25(36)27(37-3,28(30,31)32)21-8-6-5-7-9-21/h5-11,16,22H,4,12-15,17H2,1-3H3/t22?,27-/m1/s1. The molecule has 1 saturated heterocycles. The molecule has 1 fully saturated rings. The van der Waals surface area contributed by atoms with E-state index in [9.17, 15) is 32.4 Å². The second-order valence-electron chi connectivity index (χ2n) is 9.46. The summed E-state index contributed by atoms with van der Waals surface area (Å²) in [5.41, 5.74) is -3.79. The zero-order chi connectivity index (χ0) is 28.1. The fourth-order valence-electron chi connectivity index (χ4n) is 5.26. The Labute approximate surface area is 219 Å². The quantitative estimate of drug-likeness (QED) is 0.334. The fourth-order valence-corrected chi connectivity index (χ4v) is 5.26. The zero-order valence-corrected chi connectivity index (χ0v) is 21.5. The summed E-state index contributed by atoms with van der Waals surface area (Å²) in [6.45, 7) is 3.01. The van der Waals surface area contributed by atoms with E-state index >= 15 is 0 Å². The van der Waals surface area contributed by atoms with Crippen molar-refractivity contribution in [1.82, 2.24) is 4.90 Å². The molecule has 0 radical (unpaired) electrons. The van der Waals surface area contributed by atoms with Crippen molar-refractivity contribution in [3.63, 3.8) is 0 Å². The molecule has 0 N–H and O–H groups in total. The van der Waals surface area contributed by atoms with E-state index in [0.29, 0.717) is 11.1 Å². The van der Waals surface area contributed by atoms with Crippen molar-refractivity contribution in [3.05, 3.63) is 71.0 Å². The number of rotatable bonds is 8. The van der Waals surface area contributed by atoms with Crippen LogP contribution < -0.4 is 0 Å². The summed E-state index contributed by atoms with van der Waals surface area (Å²) in [5.74, 6) is -3.16. The fraction of sp³-hybridized carbons (Fsp3) is 0.464. The lowest BCUT2D eigenvalue weighted by Crippen LogP contribution is -2.59. The van der Waals surface area contributed by atoms with Crippen LogP contribution in [0, 0.1) is 29.5 Å². The molecule has 2 atom stereocenters. The van der Waals surface area contributed by atoms with E-state index in [1.165, 1.54) is 48.5 Å². The van der Waals surface area contributed by atoms with Gasteiger partial charge in [0, 0.05) is 31.2 Å². The first-order chi connectivity index (χ1) is 18.0. The van der Waals surface area contributed by atoms with Crippen molar-refractivity contribution < 1.29 is 36.6 Å². The van der Waals surface area contributed by atoms with Crippen LogP contribution in [0.15, 0.2) is 48.5 Å². The number of ether oxygens (including phenoxy) is 2. The van der Waals surface area contributed by atoms with Gasteiger partial charge in [-0.05, 0) is 43.9 Å². The van der Waals surface area contributed by atoms with Crippen LogP contribution in [0.3, 0.4) is 0 Å². The minimum absolute atomic E-state index is 0.0542. The summed E-state index contributed by atoms with van der Waals surface area (Å²) in [6.07, 6.45) is -5.12. The van der Waals surface area contributed by atoms with Gasteiger partial charge in [0.25, 0.3) is 11.5 Å². The molecule has 2 aromatic rings. The maximum Gasteiger partial charge on any atom is 0.430 e. The number of halogens is 4.